The largest absolute Gasteiger partial charge is 0.419 e. The zero-order valence-corrected chi connectivity index (χ0v) is 22.5. The number of ether oxygens (including phenoxy) is 1. The van der Waals surface area contributed by atoms with Gasteiger partial charge in [-0.15, -0.1) is 0 Å². The van der Waals surface area contributed by atoms with Gasteiger partial charge < -0.3 is 19.6 Å². The van der Waals surface area contributed by atoms with Crippen molar-refractivity contribution in [3.63, 3.8) is 0 Å². The Balaban J connectivity index is 1.36. The van der Waals surface area contributed by atoms with E-state index >= 15 is 0 Å². The van der Waals surface area contributed by atoms with E-state index in [4.69, 9.17) is 4.74 Å². The summed E-state index contributed by atoms with van der Waals surface area (Å²) in [5, 5.41) is 9.94. The number of aryl methyl sites for hydroxylation is 1. The number of aliphatic hydroxyl groups is 1. The van der Waals surface area contributed by atoms with Crippen LogP contribution >= 0.6 is 0 Å². The lowest BCUT2D eigenvalue weighted by Crippen LogP contribution is -2.54. The maximum Gasteiger partial charge on any atom is 0.419 e. The number of piperazine rings is 1. The molecular weight excluding hydrogens is 514 g/mol. The molecule has 0 amide bonds. The molecule has 214 valence electrons. The fourth-order valence-electron chi connectivity index (χ4n) is 6.36. The predicted octanol–water partition coefficient (Wildman–Crippen LogP) is 4.02. The lowest BCUT2D eigenvalue weighted by molar-refractivity contribution is -0.140. The van der Waals surface area contributed by atoms with Crippen molar-refractivity contribution in [2.75, 3.05) is 57.8 Å². The zero-order valence-electron chi connectivity index (χ0n) is 22.5. The number of likely N-dealkylation sites (tertiary alicyclic amines) is 1. The Morgan fingerprint density at radius 1 is 1.05 bits per heavy atom. The van der Waals surface area contributed by atoms with Gasteiger partial charge in [-0.1, -0.05) is 13.0 Å². The highest BCUT2D eigenvalue weighted by Crippen LogP contribution is 2.38. The summed E-state index contributed by atoms with van der Waals surface area (Å²) in [6.45, 7) is 6.83. The smallest absolute Gasteiger partial charge is 0.393 e. The number of hydrogen-bond acceptors (Lipinski definition) is 7. The summed E-state index contributed by atoms with van der Waals surface area (Å²) in [5.41, 5.74) is 1.57. The lowest BCUT2D eigenvalue weighted by Gasteiger charge is -2.43. The van der Waals surface area contributed by atoms with Crippen molar-refractivity contribution in [1.29, 1.82) is 0 Å². The van der Waals surface area contributed by atoms with Crippen LogP contribution in [0.5, 0.6) is 0 Å². The normalized spacial score (nSPS) is 23.2. The number of rotatable bonds is 7. The lowest BCUT2D eigenvalue weighted by atomic mass is 9.92. The van der Waals surface area contributed by atoms with E-state index in [9.17, 15) is 22.7 Å². The van der Waals surface area contributed by atoms with Crippen molar-refractivity contribution in [3.8, 4) is 0 Å². The molecule has 11 heteroatoms. The van der Waals surface area contributed by atoms with E-state index in [0.29, 0.717) is 57.0 Å². The van der Waals surface area contributed by atoms with Gasteiger partial charge in [-0.25, -0.2) is 14.4 Å². The van der Waals surface area contributed by atoms with E-state index in [-0.39, 0.29) is 12.0 Å². The number of benzene rings is 1. The summed E-state index contributed by atoms with van der Waals surface area (Å²) in [7, 11) is 1.60. The van der Waals surface area contributed by atoms with Crippen LogP contribution in [0.2, 0.25) is 0 Å². The molecule has 0 saturated carbocycles. The van der Waals surface area contributed by atoms with Crippen molar-refractivity contribution in [3.05, 3.63) is 52.7 Å². The van der Waals surface area contributed by atoms with Gasteiger partial charge in [0.15, 0.2) is 0 Å². The summed E-state index contributed by atoms with van der Waals surface area (Å²) in [6.07, 6.45) is -0.607. The summed E-state index contributed by atoms with van der Waals surface area (Å²) < 4.78 is 60.5. The molecule has 2 aliphatic heterocycles. The van der Waals surface area contributed by atoms with Gasteiger partial charge in [0.05, 0.1) is 11.7 Å². The molecule has 2 aromatic rings. The average Bonchev–Trinajstić information content (AvgIpc) is 3.30. The highest BCUT2D eigenvalue weighted by molar-refractivity contribution is 5.52. The number of alkyl halides is 3. The summed E-state index contributed by atoms with van der Waals surface area (Å²) >= 11 is 0. The Morgan fingerprint density at radius 2 is 1.77 bits per heavy atom. The molecule has 1 aliphatic carbocycles. The van der Waals surface area contributed by atoms with Gasteiger partial charge in [-0.2, -0.15) is 13.2 Å². The number of halogens is 4. The molecule has 0 bridgehead atoms. The molecule has 0 radical (unpaired) electrons. The summed E-state index contributed by atoms with van der Waals surface area (Å²) in [5.74, 6) is -0.239. The number of fused-ring (bicyclic) bond motifs is 1. The molecule has 1 N–H and O–H groups in total. The van der Waals surface area contributed by atoms with Crippen LogP contribution < -0.4 is 4.90 Å². The quantitative estimate of drug-likeness (QED) is 0.522. The number of nitrogens with zero attached hydrogens (tertiary/aromatic N) is 5. The van der Waals surface area contributed by atoms with Crippen molar-refractivity contribution < 1.29 is 27.4 Å². The highest BCUT2D eigenvalue weighted by atomic mass is 19.4. The van der Waals surface area contributed by atoms with Crippen LogP contribution in [0.25, 0.3) is 0 Å². The number of methoxy groups -OCH3 is 1. The molecule has 3 unspecified atom stereocenters. The van der Waals surface area contributed by atoms with Crippen molar-refractivity contribution in [2.45, 2.75) is 63.0 Å². The SMILES string of the molecule is COC(C(CN1CCC(O)CC1)c1ccc(C(F)(F)F)c(F)c1)N1CCN(c2ncnc3c2C(C)CC3)CC1. The molecule has 3 heterocycles. The first-order chi connectivity index (χ1) is 18.7. The molecule has 7 nitrogen and oxygen atoms in total. The maximum absolute atomic E-state index is 14.7. The zero-order chi connectivity index (χ0) is 27.7. The molecular formula is C28H37F4N5O2. The second-order valence-electron chi connectivity index (χ2n) is 11.0. The van der Waals surface area contributed by atoms with E-state index in [1.807, 2.05) is 0 Å². The minimum Gasteiger partial charge on any atom is -0.393 e. The third kappa shape index (κ3) is 6.06. The highest BCUT2D eigenvalue weighted by Gasteiger charge is 2.38. The van der Waals surface area contributed by atoms with Crippen molar-refractivity contribution in [1.82, 2.24) is 19.8 Å². The molecule has 2 saturated heterocycles. The third-order valence-electron chi connectivity index (χ3n) is 8.55. The number of piperidine rings is 1. The van der Waals surface area contributed by atoms with E-state index in [0.717, 1.165) is 49.6 Å². The van der Waals surface area contributed by atoms with E-state index in [1.165, 1.54) is 11.6 Å². The molecule has 5 rings (SSSR count). The van der Waals surface area contributed by atoms with Gasteiger partial charge in [-0.3, -0.25) is 4.90 Å². The van der Waals surface area contributed by atoms with Crippen LogP contribution in [0, 0.1) is 5.82 Å². The van der Waals surface area contributed by atoms with Gasteiger partial charge in [0, 0.05) is 70.1 Å². The van der Waals surface area contributed by atoms with E-state index < -0.39 is 23.8 Å². The van der Waals surface area contributed by atoms with Gasteiger partial charge in [0.1, 0.15) is 24.2 Å². The number of aliphatic hydroxyl groups excluding tert-OH is 1. The van der Waals surface area contributed by atoms with E-state index in [2.05, 4.69) is 31.6 Å². The van der Waals surface area contributed by atoms with Gasteiger partial charge in [0.2, 0.25) is 0 Å². The predicted molar refractivity (Wildman–Crippen MR) is 139 cm³/mol. The number of anilines is 1. The third-order valence-corrected chi connectivity index (χ3v) is 8.55. The van der Waals surface area contributed by atoms with Crippen molar-refractivity contribution in [2.24, 2.45) is 0 Å². The fourth-order valence-corrected chi connectivity index (χ4v) is 6.36. The topological polar surface area (TPSA) is 65.0 Å². The molecule has 3 atom stereocenters. The Bertz CT molecular complexity index is 1130. The molecule has 39 heavy (non-hydrogen) atoms. The summed E-state index contributed by atoms with van der Waals surface area (Å²) in [4.78, 5) is 15.8. The second-order valence-corrected chi connectivity index (χ2v) is 11.0. The van der Waals surface area contributed by atoms with Crippen LogP contribution in [0.15, 0.2) is 24.5 Å². The number of aromatic nitrogens is 2. The monoisotopic (exact) mass is 551 g/mol. The number of hydrogen-bond donors (Lipinski definition) is 1. The molecule has 1 aromatic heterocycles. The van der Waals surface area contributed by atoms with Crippen LogP contribution in [0.3, 0.4) is 0 Å². The Labute approximate surface area is 226 Å². The van der Waals surface area contributed by atoms with Crippen LogP contribution in [-0.2, 0) is 17.3 Å². The first-order valence-corrected chi connectivity index (χ1v) is 13.8. The van der Waals surface area contributed by atoms with E-state index in [1.54, 1.807) is 13.4 Å². The standard InChI is InChI=1S/C28H37F4N5O2/c1-18-3-6-24-25(18)26(34-17-33-24)36-11-13-37(14-12-36)27(39-2)21(16-35-9-7-20(38)8-10-35)19-4-5-22(23(29)15-19)28(30,31)32/h4-5,15,17-18,20-21,27,38H,3,6-14,16H2,1-2H3. The summed E-state index contributed by atoms with van der Waals surface area (Å²) in [6, 6.07) is 3.22. The van der Waals surface area contributed by atoms with Crippen LogP contribution in [0.1, 0.15) is 60.4 Å². The fraction of sp³-hybridized carbons (Fsp3) is 0.643. The Kier molecular flexibility index (Phi) is 8.42. The maximum atomic E-state index is 14.7. The molecule has 2 fully saturated rings. The average molecular weight is 552 g/mol. The molecule has 0 spiro atoms. The minimum absolute atomic E-state index is 0.347. The Morgan fingerprint density at radius 3 is 2.41 bits per heavy atom. The van der Waals surface area contributed by atoms with Gasteiger partial charge in [0.25, 0.3) is 0 Å². The van der Waals surface area contributed by atoms with Gasteiger partial charge >= 0.3 is 6.18 Å². The van der Waals surface area contributed by atoms with Gasteiger partial charge in [-0.05, 0) is 49.3 Å². The Hall–Kier alpha value is -2.34. The molecule has 1 aromatic carbocycles. The molecule has 3 aliphatic rings. The first kappa shape index (κ1) is 28.2. The van der Waals surface area contributed by atoms with Crippen LogP contribution in [-0.4, -0.2) is 90.1 Å². The van der Waals surface area contributed by atoms with Crippen LogP contribution in [0.4, 0.5) is 23.4 Å². The van der Waals surface area contributed by atoms with Crippen molar-refractivity contribution >= 4 is 5.82 Å². The minimum atomic E-state index is -4.75. The second kappa shape index (κ2) is 11.6. The first-order valence-electron chi connectivity index (χ1n) is 13.8.